The van der Waals surface area contributed by atoms with Crippen LogP contribution in [0.15, 0.2) is 93.6 Å². The molecule has 3 aromatic carbocycles. The smallest absolute Gasteiger partial charge is 0.267 e. The van der Waals surface area contributed by atoms with Crippen molar-refractivity contribution in [2.24, 2.45) is 5.10 Å². The van der Waals surface area contributed by atoms with Gasteiger partial charge in [0.1, 0.15) is 0 Å². The summed E-state index contributed by atoms with van der Waals surface area (Å²) in [4.78, 5) is 29.2. The second-order valence-electron chi connectivity index (χ2n) is 7.54. The predicted octanol–water partition coefficient (Wildman–Crippen LogP) is 4.02. The molecule has 5 aromatic rings. The van der Waals surface area contributed by atoms with E-state index in [0.29, 0.717) is 22.0 Å². The number of rotatable bonds is 4. The molecule has 1 aliphatic heterocycles. The van der Waals surface area contributed by atoms with E-state index in [2.05, 4.69) is 15.6 Å². The first-order valence-corrected chi connectivity index (χ1v) is 11.3. The number of anilines is 2. The third kappa shape index (κ3) is 4.16. The summed E-state index contributed by atoms with van der Waals surface area (Å²) >= 11 is 1.51. The van der Waals surface area contributed by atoms with E-state index in [0.717, 1.165) is 15.8 Å². The summed E-state index contributed by atoms with van der Waals surface area (Å²) in [6.45, 7) is 0. The summed E-state index contributed by atoms with van der Waals surface area (Å²) in [5.74, 6) is 0.586. The Morgan fingerprint density at radius 2 is 1.57 bits per heavy atom. The number of aromatic nitrogens is 3. The molecule has 0 spiro atoms. The third-order valence-electron chi connectivity index (χ3n) is 5.32. The number of fused-ring (bicyclic) bond motifs is 2. The number of aromatic amines is 2. The van der Waals surface area contributed by atoms with Gasteiger partial charge in [0.2, 0.25) is 5.13 Å². The van der Waals surface area contributed by atoms with E-state index >= 15 is 0 Å². The molecule has 3 N–H and O–H groups in total. The third-order valence-corrected chi connectivity index (χ3v) is 6.33. The number of nitrogens with zero attached hydrogens (tertiary/aromatic N) is 4. The Morgan fingerprint density at radius 3 is 2.37 bits per heavy atom. The van der Waals surface area contributed by atoms with Gasteiger partial charge in [-0.05, 0) is 42.0 Å². The Hall–Kier alpha value is -4.41. The fourth-order valence-corrected chi connectivity index (χ4v) is 4.59. The van der Waals surface area contributed by atoms with Crippen LogP contribution >= 0.6 is 23.7 Å². The van der Waals surface area contributed by atoms with E-state index in [4.69, 9.17) is 10.1 Å². The van der Waals surface area contributed by atoms with Gasteiger partial charge in [-0.3, -0.25) is 25.2 Å². The normalized spacial score (nSPS) is 13.3. The highest BCUT2D eigenvalue weighted by Crippen LogP contribution is 2.32. The lowest BCUT2D eigenvalue weighted by molar-refractivity contribution is 0.768. The topological polar surface area (TPSA) is 109 Å². The zero-order valence-electron chi connectivity index (χ0n) is 18.0. The maximum atomic E-state index is 12.4. The summed E-state index contributed by atoms with van der Waals surface area (Å²) < 4.78 is 1.04. The lowest BCUT2D eigenvalue weighted by Gasteiger charge is -2.25. The van der Waals surface area contributed by atoms with Crippen LogP contribution in [0.1, 0.15) is 5.56 Å². The quantitative estimate of drug-likeness (QED) is 0.342. The molecule has 0 aliphatic carbocycles. The van der Waals surface area contributed by atoms with Crippen molar-refractivity contribution in [3.05, 3.63) is 105 Å². The van der Waals surface area contributed by atoms with Crippen molar-refractivity contribution in [1.82, 2.24) is 20.6 Å². The van der Waals surface area contributed by atoms with Gasteiger partial charge in [0.25, 0.3) is 11.1 Å². The summed E-state index contributed by atoms with van der Waals surface area (Å²) in [5, 5.41) is 14.0. The van der Waals surface area contributed by atoms with Crippen LogP contribution in [0, 0.1) is 0 Å². The van der Waals surface area contributed by atoms with Gasteiger partial charge in [-0.1, -0.05) is 59.9 Å². The van der Waals surface area contributed by atoms with Crippen LogP contribution in [0.25, 0.3) is 27.1 Å². The van der Waals surface area contributed by atoms with E-state index in [1.807, 2.05) is 66.7 Å². The minimum atomic E-state index is -0.386. The lowest BCUT2D eigenvalue weighted by atomic mass is 10.2. The second kappa shape index (κ2) is 9.09. The molecule has 11 heteroatoms. The van der Waals surface area contributed by atoms with Crippen molar-refractivity contribution in [2.75, 3.05) is 10.2 Å². The molecular formula is C24H18ClN7O2S. The predicted molar refractivity (Wildman–Crippen MR) is 143 cm³/mol. The molecule has 0 unspecified atom stereocenters. The van der Waals surface area contributed by atoms with Gasteiger partial charge < -0.3 is 0 Å². The van der Waals surface area contributed by atoms with Crippen LogP contribution in [0.5, 0.6) is 0 Å². The zero-order valence-corrected chi connectivity index (χ0v) is 19.6. The van der Waals surface area contributed by atoms with Crippen LogP contribution in [0.3, 0.4) is 0 Å². The second-order valence-corrected chi connectivity index (χ2v) is 8.55. The highest BCUT2D eigenvalue weighted by atomic mass is 35.5. The largest absolute Gasteiger partial charge is 0.270 e. The number of amidine groups is 1. The monoisotopic (exact) mass is 503 g/mol. The van der Waals surface area contributed by atoms with Gasteiger partial charge in [0.05, 0.1) is 26.7 Å². The zero-order chi connectivity index (χ0) is 23.1. The number of halogens is 1. The molecule has 0 fully saturated rings. The first-order chi connectivity index (χ1) is 16.7. The number of hydrogen-bond donors (Lipinski definition) is 3. The number of H-pyrrole nitrogens is 2. The van der Waals surface area contributed by atoms with Crippen molar-refractivity contribution in [1.29, 1.82) is 0 Å². The standard InChI is InChI=1S/C24H17N7O2S.ClH/c32-22-17-12-11-16(14-18(17)23(33)27-26-22)30-28-21(13-10-15-6-2-1-3-7-15)29-31(30)24-25-19-8-4-5-9-20(19)34-24;/h1-14H,(H,26,32)(H,27,33)(H,28,29);1H. The molecule has 0 amide bonds. The average molecular weight is 504 g/mol. The first-order valence-electron chi connectivity index (χ1n) is 10.4. The summed E-state index contributed by atoms with van der Waals surface area (Å²) in [5.41, 5.74) is 5.03. The Morgan fingerprint density at radius 1 is 0.829 bits per heavy atom. The van der Waals surface area contributed by atoms with E-state index in [-0.39, 0.29) is 28.9 Å². The maximum Gasteiger partial charge on any atom is 0.270 e. The molecule has 0 saturated carbocycles. The fraction of sp³-hybridized carbons (Fsp3) is 0. The molecule has 9 nitrogen and oxygen atoms in total. The minimum absolute atomic E-state index is 0. The number of hydrogen-bond acceptors (Lipinski definition) is 8. The van der Waals surface area contributed by atoms with Gasteiger partial charge in [-0.15, -0.1) is 27.7 Å². The summed E-state index contributed by atoms with van der Waals surface area (Å²) in [6, 6.07) is 22.8. The number of benzene rings is 3. The molecule has 0 bridgehead atoms. The van der Waals surface area contributed by atoms with E-state index in [1.165, 1.54) is 11.3 Å². The summed E-state index contributed by atoms with van der Waals surface area (Å²) in [6.07, 6.45) is 3.82. The Bertz CT molecular complexity index is 1680. The van der Waals surface area contributed by atoms with Crippen LogP contribution in [0.4, 0.5) is 10.8 Å². The fourth-order valence-electron chi connectivity index (χ4n) is 3.68. The van der Waals surface area contributed by atoms with Crippen molar-refractivity contribution in [3.8, 4) is 0 Å². The van der Waals surface area contributed by atoms with Crippen LogP contribution < -0.4 is 26.8 Å². The summed E-state index contributed by atoms with van der Waals surface area (Å²) in [7, 11) is 0. The molecule has 3 heterocycles. The van der Waals surface area contributed by atoms with Crippen molar-refractivity contribution in [2.45, 2.75) is 0 Å². The lowest BCUT2D eigenvalue weighted by Crippen LogP contribution is -2.44. The van der Waals surface area contributed by atoms with Crippen molar-refractivity contribution in [3.63, 3.8) is 0 Å². The van der Waals surface area contributed by atoms with E-state index < -0.39 is 0 Å². The molecule has 0 saturated heterocycles. The van der Waals surface area contributed by atoms with Gasteiger partial charge >= 0.3 is 0 Å². The Balaban J connectivity index is 0.00000253. The first kappa shape index (κ1) is 22.4. The highest BCUT2D eigenvalue weighted by molar-refractivity contribution is 7.22. The van der Waals surface area contributed by atoms with Gasteiger partial charge in [0.15, 0.2) is 5.84 Å². The van der Waals surface area contributed by atoms with Crippen LogP contribution in [-0.4, -0.2) is 21.0 Å². The van der Waals surface area contributed by atoms with Gasteiger partial charge in [0, 0.05) is 0 Å². The van der Waals surface area contributed by atoms with Crippen molar-refractivity contribution < 1.29 is 0 Å². The van der Waals surface area contributed by atoms with E-state index in [9.17, 15) is 9.59 Å². The van der Waals surface area contributed by atoms with Crippen LogP contribution in [-0.2, 0) is 0 Å². The van der Waals surface area contributed by atoms with Gasteiger partial charge in [-0.2, -0.15) is 0 Å². The molecular weight excluding hydrogens is 486 g/mol. The number of hydrazine groups is 2. The Labute approximate surface area is 208 Å². The van der Waals surface area contributed by atoms with Gasteiger partial charge in [-0.25, -0.2) is 4.98 Å². The molecule has 2 aromatic heterocycles. The number of hydrazone groups is 1. The SMILES string of the molecule is Cl.O=c1[nH][nH]c(=O)c2cc(N3N=C(C=Cc4ccccc4)NN3c3nc4ccccc4s3)ccc12. The molecule has 6 rings (SSSR count). The molecule has 174 valence electrons. The maximum absolute atomic E-state index is 12.4. The Kier molecular flexibility index (Phi) is 5.81. The molecule has 0 atom stereocenters. The number of para-hydroxylation sites is 1. The van der Waals surface area contributed by atoms with Crippen LogP contribution in [0.2, 0.25) is 0 Å². The molecule has 0 radical (unpaired) electrons. The number of thiazole rings is 1. The minimum Gasteiger partial charge on any atom is -0.267 e. The highest BCUT2D eigenvalue weighted by Gasteiger charge is 2.27. The average Bonchev–Trinajstić information content (AvgIpc) is 3.50. The molecule has 35 heavy (non-hydrogen) atoms. The number of nitrogens with one attached hydrogen (secondary N) is 3. The molecule has 1 aliphatic rings. The van der Waals surface area contributed by atoms with Crippen molar-refractivity contribution >= 4 is 67.5 Å². The van der Waals surface area contributed by atoms with E-state index in [1.54, 1.807) is 28.4 Å².